The molecule has 0 radical (unpaired) electrons. The first kappa shape index (κ1) is 16.7. The van der Waals surface area contributed by atoms with Crippen LogP contribution in [0.1, 0.15) is 12.6 Å². The molecular formula is C15H18F2N6S. The highest BCUT2D eigenvalue weighted by Gasteiger charge is 2.20. The number of nitrogens with zero attached hydrogens (tertiary/aromatic N) is 4. The molecule has 0 bridgehead atoms. The molecule has 9 heteroatoms. The van der Waals surface area contributed by atoms with E-state index in [4.69, 9.17) is 12.2 Å². The fourth-order valence-electron chi connectivity index (χ4n) is 2.60. The Morgan fingerprint density at radius 3 is 2.58 bits per heavy atom. The van der Waals surface area contributed by atoms with E-state index in [9.17, 15) is 8.78 Å². The summed E-state index contributed by atoms with van der Waals surface area (Å²) in [5.41, 5.74) is 0.937. The van der Waals surface area contributed by atoms with E-state index in [-0.39, 0.29) is 5.69 Å². The van der Waals surface area contributed by atoms with E-state index in [1.807, 2.05) is 0 Å². The topological polar surface area (TPSA) is 58.0 Å². The number of piperazine rings is 1. The van der Waals surface area contributed by atoms with Gasteiger partial charge in [-0.3, -0.25) is 0 Å². The van der Waals surface area contributed by atoms with Gasteiger partial charge in [-0.1, -0.05) is 17.4 Å². The third-order valence-corrected chi connectivity index (χ3v) is 3.90. The molecule has 1 fully saturated rings. The van der Waals surface area contributed by atoms with Crippen molar-refractivity contribution in [3.05, 3.63) is 35.7 Å². The number of halogens is 2. The van der Waals surface area contributed by atoms with Gasteiger partial charge in [0.1, 0.15) is 11.4 Å². The monoisotopic (exact) mass is 352 g/mol. The molecule has 1 aromatic heterocycles. The maximum absolute atomic E-state index is 14.4. The Morgan fingerprint density at radius 1 is 1.29 bits per heavy atom. The highest BCUT2D eigenvalue weighted by Crippen LogP contribution is 2.26. The summed E-state index contributed by atoms with van der Waals surface area (Å²) in [6, 6.07) is 2.55. The molecule has 0 atom stereocenters. The van der Waals surface area contributed by atoms with Crippen molar-refractivity contribution in [2.45, 2.75) is 13.5 Å². The molecular weight excluding hydrogens is 334 g/mol. The zero-order valence-corrected chi connectivity index (χ0v) is 14.0. The quantitative estimate of drug-likeness (QED) is 0.811. The van der Waals surface area contributed by atoms with Gasteiger partial charge in [-0.2, -0.15) is 0 Å². The minimum atomic E-state index is -0.600. The lowest BCUT2D eigenvalue weighted by molar-refractivity contribution is 0.536. The third-order valence-electron chi connectivity index (χ3n) is 3.76. The van der Waals surface area contributed by atoms with E-state index < -0.39 is 11.6 Å². The maximum atomic E-state index is 14.4. The first-order valence-electron chi connectivity index (χ1n) is 7.65. The summed E-state index contributed by atoms with van der Waals surface area (Å²) in [5.74, 6) is -1.20. The average molecular weight is 352 g/mol. The molecule has 2 N–H and O–H groups in total. The van der Waals surface area contributed by atoms with Gasteiger partial charge in [0, 0.05) is 38.3 Å². The van der Waals surface area contributed by atoms with Gasteiger partial charge in [0.2, 0.25) is 0 Å². The summed E-state index contributed by atoms with van der Waals surface area (Å²) < 4.78 is 30.2. The average Bonchev–Trinajstić information content (AvgIpc) is 3.02. The van der Waals surface area contributed by atoms with Crippen LogP contribution in [-0.4, -0.2) is 46.2 Å². The van der Waals surface area contributed by atoms with Crippen LogP contribution in [0.25, 0.3) is 5.69 Å². The molecule has 1 aliphatic rings. The number of nitrogens with one attached hydrogen (secondary N) is 2. The molecule has 2 heterocycles. The van der Waals surface area contributed by atoms with Crippen molar-refractivity contribution in [3.8, 4) is 5.69 Å². The van der Waals surface area contributed by atoms with E-state index in [0.29, 0.717) is 49.1 Å². The first-order chi connectivity index (χ1) is 11.5. The van der Waals surface area contributed by atoms with Crippen molar-refractivity contribution < 1.29 is 8.78 Å². The van der Waals surface area contributed by atoms with Gasteiger partial charge in [-0.15, -0.1) is 5.10 Å². The number of benzene rings is 1. The van der Waals surface area contributed by atoms with Gasteiger partial charge in [0.15, 0.2) is 11.6 Å². The minimum absolute atomic E-state index is 0.0126. The van der Waals surface area contributed by atoms with Crippen LogP contribution in [0.3, 0.4) is 0 Å². The van der Waals surface area contributed by atoms with Gasteiger partial charge in [0.25, 0.3) is 0 Å². The number of anilines is 1. The highest BCUT2D eigenvalue weighted by molar-refractivity contribution is 7.80. The van der Waals surface area contributed by atoms with E-state index in [0.717, 1.165) is 0 Å². The Kier molecular flexibility index (Phi) is 5.00. The van der Waals surface area contributed by atoms with Crippen LogP contribution in [0.2, 0.25) is 0 Å². The van der Waals surface area contributed by atoms with Gasteiger partial charge in [0.05, 0.1) is 23.4 Å². The number of rotatable bonds is 4. The van der Waals surface area contributed by atoms with Gasteiger partial charge < -0.3 is 15.5 Å². The van der Waals surface area contributed by atoms with Crippen molar-refractivity contribution in [2.24, 2.45) is 0 Å². The van der Waals surface area contributed by atoms with E-state index in [1.54, 1.807) is 18.0 Å². The molecule has 2 aromatic rings. The first-order valence-corrected chi connectivity index (χ1v) is 8.06. The molecule has 1 aliphatic heterocycles. The Balaban J connectivity index is 1.83. The summed E-state index contributed by atoms with van der Waals surface area (Å²) in [6.45, 7) is 4.74. The van der Waals surface area contributed by atoms with Gasteiger partial charge in [-0.05, 0) is 6.92 Å². The summed E-state index contributed by atoms with van der Waals surface area (Å²) in [4.78, 5) is 2.35. The summed E-state index contributed by atoms with van der Waals surface area (Å²) in [5, 5.41) is 14.0. The van der Waals surface area contributed by atoms with E-state index in [1.165, 1.54) is 16.8 Å². The lowest BCUT2D eigenvalue weighted by Gasteiger charge is -2.30. The SMILES string of the molecule is CC(=S)NCc1cn(-c2cc(F)c(N3CCNCC3)c(F)c2)nn1. The van der Waals surface area contributed by atoms with Crippen LogP contribution in [0.5, 0.6) is 0 Å². The predicted octanol–water partition coefficient (Wildman–Crippen LogP) is 1.39. The van der Waals surface area contributed by atoms with Crippen molar-refractivity contribution >= 4 is 22.9 Å². The fourth-order valence-corrected chi connectivity index (χ4v) is 2.67. The zero-order chi connectivity index (χ0) is 17.1. The Morgan fingerprint density at radius 2 is 1.96 bits per heavy atom. The standard InChI is InChI=1S/C15H18F2N6S/c1-10(24)19-8-11-9-23(21-20-11)12-6-13(16)15(14(17)7-12)22-4-2-18-3-5-22/h6-7,9,18H,2-5,8H2,1H3,(H,19,24). The molecule has 0 aliphatic carbocycles. The molecule has 6 nitrogen and oxygen atoms in total. The molecule has 24 heavy (non-hydrogen) atoms. The van der Waals surface area contributed by atoms with Crippen LogP contribution in [0.4, 0.5) is 14.5 Å². The number of thiocarbonyl (C=S) groups is 1. The number of hydrogen-bond donors (Lipinski definition) is 2. The summed E-state index contributed by atoms with van der Waals surface area (Å²) >= 11 is 4.93. The lowest BCUT2D eigenvalue weighted by Crippen LogP contribution is -2.44. The van der Waals surface area contributed by atoms with Crippen LogP contribution >= 0.6 is 12.2 Å². The summed E-state index contributed by atoms with van der Waals surface area (Å²) in [7, 11) is 0. The Hall–Kier alpha value is -2.13. The van der Waals surface area contributed by atoms with Crippen molar-refractivity contribution in [1.29, 1.82) is 0 Å². The summed E-state index contributed by atoms with van der Waals surface area (Å²) in [6.07, 6.45) is 1.62. The second kappa shape index (κ2) is 7.18. The highest BCUT2D eigenvalue weighted by atomic mass is 32.1. The lowest BCUT2D eigenvalue weighted by atomic mass is 10.2. The zero-order valence-electron chi connectivity index (χ0n) is 13.2. The minimum Gasteiger partial charge on any atom is -0.374 e. The number of aromatic nitrogens is 3. The second-order valence-corrected chi connectivity index (χ2v) is 6.17. The molecule has 0 unspecified atom stereocenters. The Bertz CT molecular complexity index is 718. The Labute approximate surface area is 143 Å². The molecule has 0 amide bonds. The predicted molar refractivity (Wildman–Crippen MR) is 91.5 cm³/mol. The van der Waals surface area contributed by atoms with Crippen molar-refractivity contribution in [3.63, 3.8) is 0 Å². The normalized spacial score (nSPS) is 14.7. The molecule has 3 rings (SSSR count). The number of hydrogen-bond acceptors (Lipinski definition) is 5. The molecule has 1 aromatic carbocycles. The second-order valence-electron chi connectivity index (χ2n) is 5.56. The third kappa shape index (κ3) is 3.68. The fraction of sp³-hybridized carbons (Fsp3) is 0.400. The largest absolute Gasteiger partial charge is 0.374 e. The molecule has 128 valence electrons. The van der Waals surface area contributed by atoms with Crippen LogP contribution in [0.15, 0.2) is 18.3 Å². The van der Waals surface area contributed by atoms with E-state index >= 15 is 0 Å². The molecule has 1 saturated heterocycles. The van der Waals surface area contributed by atoms with Gasteiger partial charge >= 0.3 is 0 Å². The van der Waals surface area contributed by atoms with Crippen molar-refractivity contribution in [1.82, 2.24) is 25.6 Å². The van der Waals surface area contributed by atoms with Crippen LogP contribution < -0.4 is 15.5 Å². The molecule has 0 saturated carbocycles. The molecule has 0 spiro atoms. The maximum Gasteiger partial charge on any atom is 0.151 e. The van der Waals surface area contributed by atoms with Crippen LogP contribution in [0, 0.1) is 11.6 Å². The van der Waals surface area contributed by atoms with Crippen molar-refractivity contribution in [2.75, 3.05) is 31.1 Å². The van der Waals surface area contributed by atoms with Gasteiger partial charge in [-0.25, -0.2) is 13.5 Å². The van der Waals surface area contributed by atoms with Crippen LogP contribution in [-0.2, 0) is 6.54 Å². The smallest absolute Gasteiger partial charge is 0.151 e. The van der Waals surface area contributed by atoms with E-state index in [2.05, 4.69) is 20.9 Å².